The monoisotopic (exact) mass is 406 g/mol. The van der Waals surface area contributed by atoms with Gasteiger partial charge >= 0.3 is 12.1 Å². The van der Waals surface area contributed by atoms with E-state index in [2.05, 4.69) is 22.6 Å². The van der Waals surface area contributed by atoms with Gasteiger partial charge in [-0.3, -0.25) is 0 Å². The minimum atomic E-state index is -0.532. The number of carbonyl (C=O) groups is 2. The zero-order chi connectivity index (χ0) is 15.8. The van der Waals surface area contributed by atoms with Gasteiger partial charge in [-0.2, -0.15) is 0 Å². The molecule has 0 saturated heterocycles. The lowest BCUT2D eigenvalue weighted by Crippen LogP contribution is -2.42. The van der Waals surface area contributed by atoms with Crippen molar-refractivity contribution in [3.63, 3.8) is 0 Å². The number of hydrogen-bond donors (Lipinski definition) is 0. The van der Waals surface area contributed by atoms with Crippen LogP contribution in [0.1, 0.15) is 36.8 Å². The van der Waals surface area contributed by atoms with E-state index in [0.29, 0.717) is 25.2 Å². The molecule has 0 aliphatic carbocycles. The summed E-state index contributed by atoms with van der Waals surface area (Å²) in [5.74, 6) is -0.382. The molecule has 0 bridgehead atoms. The molecule has 0 unspecified atom stereocenters. The summed E-state index contributed by atoms with van der Waals surface area (Å²) in [5, 5.41) is 0. The van der Waals surface area contributed by atoms with E-state index >= 15 is 0 Å². The van der Waals surface area contributed by atoms with Gasteiger partial charge in [0.25, 0.3) is 0 Å². The molecule has 116 valence electrons. The van der Waals surface area contributed by atoms with Crippen LogP contribution in [0.5, 0.6) is 0 Å². The number of aromatic nitrogens is 1. The lowest BCUT2D eigenvalue weighted by atomic mass is 10.2. The third-order valence-corrected chi connectivity index (χ3v) is 4.04. The first-order valence-electron chi connectivity index (χ1n) is 6.67. The molecule has 1 aromatic rings. The SMILES string of the molecule is COC(=O)c1cc(I)n2c1CN(C(=O)OC(C)(C)C)CC2. The first-order valence-corrected chi connectivity index (χ1v) is 7.75. The summed E-state index contributed by atoms with van der Waals surface area (Å²) < 4.78 is 13.2. The number of amides is 1. The van der Waals surface area contributed by atoms with Crippen molar-refractivity contribution in [1.82, 2.24) is 9.47 Å². The first kappa shape index (κ1) is 16.1. The zero-order valence-corrected chi connectivity index (χ0v) is 14.8. The van der Waals surface area contributed by atoms with Gasteiger partial charge < -0.3 is 18.9 Å². The Morgan fingerprint density at radius 2 is 1.95 bits per heavy atom. The maximum absolute atomic E-state index is 12.2. The lowest BCUT2D eigenvalue weighted by molar-refractivity contribution is 0.0195. The van der Waals surface area contributed by atoms with Crippen molar-refractivity contribution in [2.75, 3.05) is 13.7 Å². The number of methoxy groups -OCH3 is 1. The number of fused-ring (bicyclic) bond motifs is 1. The van der Waals surface area contributed by atoms with Gasteiger partial charge in [0.15, 0.2) is 0 Å². The van der Waals surface area contributed by atoms with E-state index in [9.17, 15) is 9.59 Å². The maximum atomic E-state index is 12.2. The molecule has 7 heteroatoms. The van der Waals surface area contributed by atoms with Crippen molar-refractivity contribution < 1.29 is 19.1 Å². The largest absolute Gasteiger partial charge is 0.465 e. The molecule has 1 amide bonds. The molecule has 1 aliphatic heterocycles. The molecule has 21 heavy (non-hydrogen) atoms. The number of halogens is 1. The molecular formula is C14H19IN2O4. The summed E-state index contributed by atoms with van der Waals surface area (Å²) in [6.07, 6.45) is -0.360. The molecule has 0 radical (unpaired) electrons. The summed E-state index contributed by atoms with van der Waals surface area (Å²) in [4.78, 5) is 25.6. The third kappa shape index (κ3) is 3.50. The van der Waals surface area contributed by atoms with Gasteiger partial charge in [0.05, 0.1) is 28.6 Å². The van der Waals surface area contributed by atoms with Crippen LogP contribution in [-0.2, 0) is 22.6 Å². The fourth-order valence-corrected chi connectivity index (χ4v) is 3.06. The van der Waals surface area contributed by atoms with Crippen molar-refractivity contribution in [2.24, 2.45) is 0 Å². The Morgan fingerprint density at radius 3 is 2.52 bits per heavy atom. The summed E-state index contributed by atoms with van der Waals surface area (Å²) in [6, 6.07) is 1.79. The van der Waals surface area contributed by atoms with Crippen LogP contribution in [0.4, 0.5) is 4.79 Å². The van der Waals surface area contributed by atoms with Crippen molar-refractivity contribution in [3.8, 4) is 0 Å². The van der Waals surface area contributed by atoms with Crippen LogP contribution >= 0.6 is 22.6 Å². The smallest absolute Gasteiger partial charge is 0.410 e. The number of hydrogen-bond acceptors (Lipinski definition) is 4. The van der Waals surface area contributed by atoms with Gasteiger partial charge in [0.1, 0.15) is 5.60 Å². The first-order chi connectivity index (χ1) is 9.73. The summed E-state index contributed by atoms with van der Waals surface area (Å²) in [6.45, 7) is 7.06. The zero-order valence-electron chi connectivity index (χ0n) is 12.6. The Balaban J connectivity index is 2.23. The Labute approximate surface area is 137 Å². The average Bonchev–Trinajstić information content (AvgIpc) is 2.73. The Bertz CT molecular complexity index is 574. The van der Waals surface area contributed by atoms with E-state index in [-0.39, 0.29) is 12.1 Å². The van der Waals surface area contributed by atoms with Gasteiger partial charge in [-0.1, -0.05) is 0 Å². The average molecular weight is 406 g/mol. The highest BCUT2D eigenvalue weighted by atomic mass is 127. The van der Waals surface area contributed by atoms with E-state index in [0.717, 1.165) is 9.39 Å². The van der Waals surface area contributed by atoms with Gasteiger partial charge in [-0.05, 0) is 49.4 Å². The summed E-state index contributed by atoms with van der Waals surface area (Å²) in [5.41, 5.74) is 0.773. The number of esters is 1. The normalized spacial score (nSPS) is 14.6. The van der Waals surface area contributed by atoms with Crippen LogP contribution < -0.4 is 0 Å². The minimum Gasteiger partial charge on any atom is -0.465 e. The second kappa shape index (κ2) is 5.86. The Kier molecular flexibility index (Phi) is 4.50. The van der Waals surface area contributed by atoms with Crippen LogP contribution in [0.3, 0.4) is 0 Å². The highest BCUT2D eigenvalue weighted by Crippen LogP contribution is 2.25. The molecule has 1 aromatic heterocycles. The fraction of sp³-hybridized carbons (Fsp3) is 0.571. The Hall–Kier alpha value is -1.25. The van der Waals surface area contributed by atoms with E-state index in [1.807, 2.05) is 25.3 Å². The highest BCUT2D eigenvalue weighted by molar-refractivity contribution is 14.1. The molecular weight excluding hydrogens is 387 g/mol. The summed E-state index contributed by atoms with van der Waals surface area (Å²) >= 11 is 2.18. The minimum absolute atomic E-state index is 0.350. The van der Waals surface area contributed by atoms with Crippen molar-refractivity contribution in [2.45, 2.75) is 39.5 Å². The quantitative estimate of drug-likeness (QED) is 0.532. The van der Waals surface area contributed by atoms with Crippen molar-refractivity contribution in [1.29, 1.82) is 0 Å². The van der Waals surface area contributed by atoms with Crippen molar-refractivity contribution in [3.05, 3.63) is 21.0 Å². The van der Waals surface area contributed by atoms with Crippen LogP contribution in [-0.4, -0.2) is 40.8 Å². The van der Waals surface area contributed by atoms with Crippen LogP contribution in [0.15, 0.2) is 6.07 Å². The molecule has 0 saturated carbocycles. The number of ether oxygens (including phenoxy) is 2. The Morgan fingerprint density at radius 1 is 1.29 bits per heavy atom. The van der Waals surface area contributed by atoms with Gasteiger partial charge in [0, 0.05) is 13.1 Å². The second-order valence-corrected chi connectivity index (χ2v) is 6.98. The van der Waals surface area contributed by atoms with Crippen LogP contribution in [0.25, 0.3) is 0 Å². The maximum Gasteiger partial charge on any atom is 0.410 e. The van der Waals surface area contributed by atoms with Crippen LogP contribution in [0.2, 0.25) is 0 Å². The third-order valence-electron chi connectivity index (χ3n) is 3.15. The van der Waals surface area contributed by atoms with E-state index in [4.69, 9.17) is 9.47 Å². The topological polar surface area (TPSA) is 60.8 Å². The van der Waals surface area contributed by atoms with Gasteiger partial charge in [-0.25, -0.2) is 9.59 Å². The standard InChI is InChI=1S/C14H19IN2O4/c1-14(2,3)21-13(19)16-5-6-17-10(8-16)9(7-11(17)15)12(18)20-4/h7H,5-6,8H2,1-4H3. The van der Waals surface area contributed by atoms with E-state index < -0.39 is 5.60 Å². The van der Waals surface area contributed by atoms with Gasteiger partial charge in [0.2, 0.25) is 0 Å². The molecule has 0 N–H and O–H groups in total. The molecule has 0 aromatic carbocycles. The number of rotatable bonds is 1. The predicted molar refractivity (Wildman–Crippen MR) is 85.1 cm³/mol. The molecule has 1 aliphatic rings. The molecule has 6 nitrogen and oxygen atoms in total. The fourth-order valence-electron chi connectivity index (χ4n) is 2.22. The van der Waals surface area contributed by atoms with E-state index in [1.54, 1.807) is 11.0 Å². The highest BCUT2D eigenvalue weighted by Gasteiger charge is 2.30. The molecule has 0 atom stereocenters. The molecule has 0 fully saturated rings. The predicted octanol–water partition coefficient (Wildman–Crippen LogP) is 2.63. The lowest BCUT2D eigenvalue weighted by Gasteiger charge is -2.31. The second-order valence-electron chi connectivity index (χ2n) is 5.87. The molecule has 2 heterocycles. The molecule has 2 rings (SSSR count). The molecule has 0 spiro atoms. The van der Waals surface area contributed by atoms with Gasteiger partial charge in [-0.15, -0.1) is 0 Å². The summed E-state index contributed by atoms with van der Waals surface area (Å²) in [7, 11) is 1.35. The number of nitrogens with zero attached hydrogens (tertiary/aromatic N) is 2. The van der Waals surface area contributed by atoms with Crippen molar-refractivity contribution >= 4 is 34.7 Å². The van der Waals surface area contributed by atoms with Crippen LogP contribution in [0, 0.1) is 3.70 Å². The van der Waals surface area contributed by atoms with E-state index in [1.165, 1.54) is 7.11 Å². The number of carbonyl (C=O) groups excluding carboxylic acids is 2.